The highest BCUT2D eigenvalue weighted by Crippen LogP contribution is 2.42. The molecular weight excluding hydrogens is 551 g/mol. The maximum absolute atomic E-state index is 16.3. The largest absolute Gasteiger partial charge is 0.377 e. The van der Waals surface area contributed by atoms with Crippen molar-refractivity contribution in [2.75, 3.05) is 31.4 Å². The number of hydrogen-bond donors (Lipinski definition) is 0. The molecule has 1 aliphatic heterocycles. The van der Waals surface area contributed by atoms with E-state index in [1.165, 1.54) is 36.6 Å². The summed E-state index contributed by atoms with van der Waals surface area (Å²) < 4.78 is 82.5. The fourth-order valence-corrected chi connectivity index (χ4v) is 6.75. The van der Waals surface area contributed by atoms with Crippen molar-refractivity contribution in [1.29, 1.82) is 0 Å². The zero-order chi connectivity index (χ0) is 27.6. The van der Waals surface area contributed by atoms with E-state index in [1.54, 1.807) is 24.5 Å². The summed E-state index contributed by atoms with van der Waals surface area (Å²) >= 11 is 1.38. The van der Waals surface area contributed by atoms with Gasteiger partial charge < -0.3 is 9.47 Å². The number of hydrogen-bond acceptors (Lipinski definition) is 7. The third-order valence-electron chi connectivity index (χ3n) is 6.02. The number of ether oxygens (including phenoxy) is 2. The number of thiazole rings is 1. The average Bonchev–Trinajstić information content (AvgIpc) is 3.39. The summed E-state index contributed by atoms with van der Waals surface area (Å²) in [5, 5.41) is 0.688. The van der Waals surface area contributed by atoms with Crippen molar-refractivity contribution in [2.45, 2.75) is 11.3 Å². The Morgan fingerprint density at radius 1 is 1.10 bits per heavy atom. The van der Waals surface area contributed by atoms with Gasteiger partial charge in [0, 0.05) is 25.1 Å². The molecule has 2 aromatic carbocycles. The monoisotopic (exact) mass is 573 g/mol. The molecule has 39 heavy (non-hydrogen) atoms. The molecule has 0 radical (unpaired) electrons. The Labute approximate surface area is 227 Å². The van der Waals surface area contributed by atoms with Crippen LogP contribution in [0.3, 0.4) is 0 Å². The second-order valence-corrected chi connectivity index (χ2v) is 11.3. The third-order valence-corrected chi connectivity index (χ3v) is 8.95. The Morgan fingerprint density at radius 3 is 2.62 bits per heavy atom. The SMILES string of the molecule is COCN(c1cccc(-c2nc(C3=CCOCC3)sc2-c2ccncc2)c1F)S(=O)(=O)c1cc(F)ccc1F. The third kappa shape index (κ3) is 5.33. The van der Waals surface area contributed by atoms with E-state index in [1.807, 2.05) is 6.08 Å². The molecule has 0 atom stereocenters. The quantitative estimate of drug-likeness (QED) is 0.245. The number of sulfonamides is 1. The molecule has 0 bridgehead atoms. The minimum Gasteiger partial charge on any atom is -0.377 e. The summed E-state index contributed by atoms with van der Waals surface area (Å²) in [6.45, 7) is 0.333. The van der Waals surface area contributed by atoms with Crippen LogP contribution in [0.1, 0.15) is 11.4 Å². The van der Waals surface area contributed by atoms with Crippen LogP contribution in [0, 0.1) is 17.5 Å². The molecule has 202 valence electrons. The van der Waals surface area contributed by atoms with Crippen LogP contribution in [0.15, 0.2) is 71.9 Å². The van der Waals surface area contributed by atoms with E-state index in [0.29, 0.717) is 51.7 Å². The van der Waals surface area contributed by atoms with E-state index in [9.17, 15) is 17.2 Å². The van der Waals surface area contributed by atoms with Gasteiger partial charge in [0.2, 0.25) is 0 Å². The lowest BCUT2D eigenvalue weighted by atomic mass is 10.1. The Morgan fingerprint density at radius 2 is 1.90 bits per heavy atom. The first-order valence-electron chi connectivity index (χ1n) is 11.7. The molecule has 0 unspecified atom stereocenters. The molecule has 0 aliphatic carbocycles. The number of nitrogens with zero attached hydrogens (tertiary/aromatic N) is 3. The van der Waals surface area contributed by atoms with Crippen molar-refractivity contribution < 1.29 is 31.1 Å². The summed E-state index contributed by atoms with van der Waals surface area (Å²) in [4.78, 5) is 8.53. The standard InChI is InChI=1S/C27H22F3N3O4S2/c1-36-16-33(39(34,35)23-15-19(28)5-6-21(23)29)22-4-2-3-20(24(22)30)25-26(17-7-11-31-12-8-17)38-27(32-25)18-9-13-37-14-10-18/h2-9,11-12,15H,10,13-14,16H2,1H3. The lowest BCUT2D eigenvalue weighted by Crippen LogP contribution is -2.34. The number of pyridine rings is 1. The Kier molecular flexibility index (Phi) is 7.80. The molecule has 0 N–H and O–H groups in total. The zero-order valence-electron chi connectivity index (χ0n) is 20.6. The minimum absolute atomic E-state index is 0.0329. The van der Waals surface area contributed by atoms with Crippen molar-refractivity contribution in [2.24, 2.45) is 0 Å². The van der Waals surface area contributed by atoms with E-state index in [2.05, 4.69) is 4.98 Å². The van der Waals surface area contributed by atoms with Crippen molar-refractivity contribution >= 4 is 32.6 Å². The highest BCUT2D eigenvalue weighted by atomic mass is 32.2. The van der Waals surface area contributed by atoms with Gasteiger partial charge in [-0.15, -0.1) is 11.3 Å². The van der Waals surface area contributed by atoms with Gasteiger partial charge in [0.25, 0.3) is 10.0 Å². The molecule has 0 saturated carbocycles. The van der Waals surface area contributed by atoms with Crippen LogP contribution in [0.25, 0.3) is 27.3 Å². The zero-order valence-corrected chi connectivity index (χ0v) is 22.2. The van der Waals surface area contributed by atoms with Gasteiger partial charge in [0.05, 0.1) is 29.5 Å². The molecule has 3 heterocycles. The van der Waals surface area contributed by atoms with Crippen LogP contribution in [0.5, 0.6) is 0 Å². The van der Waals surface area contributed by atoms with Crippen molar-refractivity contribution in [3.8, 4) is 21.7 Å². The molecule has 7 nitrogen and oxygen atoms in total. The van der Waals surface area contributed by atoms with Crippen LogP contribution in [0.4, 0.5) is 18.9 Å². The second kappa shape index (κ2) is 11.3. The number of aromatic nitrogens is 2. The van der Waals surface area contributed by atoms with E-state index in [-0.39, 0.29) is 5.56 Å². The topological polar surface area (TPSA) is 81.6 Å². The summed E-state index contributed by atoms with van der Waals surface area (Å²) in [5.74, 6) is -3.05. The Bertz CT molecular complexity index is 1640. The van der Waals surface area contributed by atoms with Gasteiger partial charge in [0.1, 0.15) is 28.3 Å². The highest BCUT2D eigenvalue weighted by molar-refractivity contribution is 7.92. The van der Waals surface area contributed by atoms with Gasteiger partial charge in [-0.2, -0.15) is 0 Å². The summed E-state index contributed by atoms with van der Waals surface area (Å²) in [6, 6.07) is 9.77. The van der Waals surface area contributed by atoms with Gasteiger partial charge in [-0.25, -0.2) is 30.9 Å². The van der Waals surface area contributed by atoms with Gasteiger partial charge in [-0.1, -0.05) is 12.1 Å². The number of benzene rings is 2. The molecule has 2 aromatic heterocycles. The second-order valence-electron chi connectivity index (χ2n) is 8.47. The predicted molar refractivity (Wildman–Crippen MR) is 142 cm³/mol. The number of anilines is 1. The van der Waals surface area contributed by atoms with E-state index < -0.39 is 44.8 Å². The average molecular weight is 574 g/mol. The van der Waals surface area contributed by atoms with Crippen LogP contribution >= 0.6 is 11.3 Å². The van der Waals surface area contributed by atoms with Gasteiger partial charge in [-0.3, -0.25) is 4.98 Å². The summed E-state index contributed by atoms with van der Waals surface area (Å²) in [7, 11) is -3.55. The highest BCUT2D eigenvalue weighted by Gasteiger charge is 2.32. The molecule has 5 rings (SSSR count). The molecule has 0 fully saturated rings. The van der Waals surface area contributed by atoms with Crippen molar-refractivity contribution in [3.63, 3.8) is 0 Å². The number of halogens is 3. The summed E-state index contributed by atoms with van der Waals surface area (Å²) in [6.07, 6.45) is 5.79. The van der Waals surface area contributed by atoms with E-state index in [4.69, 9.17) is 14.5 Å². The number of methoxy groups -OCH3 is 1. The first kappa shape index (κ1) is 27.0. The molecule has 0 saturated heterocycles. The lowest BCUT2D eigenvalue weighted by molar-refractivity contribution is 0.161. The minimum atomic E-state index is -4.76. The summed E-state index contributed by atoms with van der Waals surface area (Å²) in [5.41, 5.74) is 1.66. The molecule has 0 amide bonds. The Hall–Kier alpha value is -3.58. The normalized spacial score (nSPS) is 13.8. The molecular formula is C27H22F3N3O4S2. The maximum atomic E-state index is 16.3. The van der Waals surface area contributed by atoms with Crippen LogP contribution < -0.4 is 4.31 Å². The fraction of sp³-hybridized carbons (Fsp3) is 0.185. The van der Waals surface area contributed by atoms with Gasteiger partial charge >= 0.3 is 0 Å². The first-order valence-corrected chi connectivity index (χ1v) is 14.0. The van der Waals surface area contributed by atoms with Crippen LogP contribution in [-0.4, -0.2) is 45.4 Å². The van der Waals surface area contributed by atoms with E-state index in [0.717, 1.165) is 17.2 Å². The first-order chi connectivity index (χ1) is 18.8. The van der Waals surface area contributed by atoms with Crippen LogP contribution in [0.2, 0.25) is 0 Å². The molecule has 4 aromatic rings. The smallest absolute Gasteiger partial charge is 0.269 e. The predicted octanol–water partition coefficient (Wildman–Crippen LogP) is 5.89. The lowest BCUT2D eigenvalue weighted by Gasteiger charge is -2.25. The fourth-order valence-electron chi connectivity index (χ4n) is 4.13. The van der Waals surface area contributed by atoms with E-state index >= 15 is 4.39 Å². The molecule has 0 spiro atoms. The maximum Gasteiger partial charge on any atom is 0.269 e. The Balaban J connectivity index is 1.67. The van der Waals surface area contributed by atoms with Gasteiger partial charge in [0.15, 0.2) is 5.82 Å². The van der Waals surface area contributed by atoms with Crippen LogP contribution in [-0.2, 0) is 19.5 Å². The molecule has 12 heteroatoms. The van der Waals surface area contributed by atoms with Gasteiger partial charge in [-0.05, 0) is 60.0 Å². The van der Waals surface area contributed by atoms with Crippen molar-refractivity contribution in [3.05, 3.63) is 89.5 Å². The van der Waals surface area contributed by atoms with Crippen molar-refractivity contribution in [1.82, 2.24) is 9.97 Å². The number of rotatable bonds is 8. The molecule has 1 aliphatic rings.